The van der Waals surface area contributed by atoms with Crippen molar-refractivity contribution >= 4 is 11.5 Å². The van der Waals surface area contributed by atoms with Gasteiger partial charge in [-0.25, -0.2) is 9.37 Å². The molecular weight excluding hydrogens is 283 g/mol. The van der Waals surface area contributed by atoms with Gasteiger partial charge in [0.1, 0.15) is 17.3 Å². The van der Waals surface area contributed by atoms with Crippen LogP contribution in [0.3, 0.4) is 0 Å². The molecule has 0 fully saturated rings. The van der Waals surface area contributed by atoms with E-state index in [4.69, 9.17) is 10.5 Å². The van der Waals surface area contributed by atoms with Crippen molar-refractivity contribution in [1.82, 2.24) is 9.97 Å². The summed E-state index contributed by atoms with van der Waals surface area (Å²) in [5.41, 5.74) is 6.91. The summed E-state index contributed by atoms with van der Waals surface area (Å²) >= 11 is 0. The van der Waals surface area contributed by atoms with Crippen LogP contribution in [0.2, 0.25) is 0 Å². The number of benzene rings is 1. The van der Waals surface area contributed by atoms with Gasteiger partial charge < -0.3 is 15.8 Å². The van der Waals surface area contributed by atoms with Crippen molar-refractivity contribution in [2.75, 3.05) is 17.7 Å². The Morgan fingerprint density at radius 3 is 2.68 bits per heavy atom. The van der Waals surface area contributed by atoms with E-state index in [-0.39, 0.29) is 12.4 Å². The molecule has 1 heterocycles. The number of nitrogens with one attached hydrogen (secondary N) is 1. The minimum atomic E-state index is -0.268. The van der Waals surface area contributed by atoms with E-state index >= 15 is 0 Å². The molecular formula is C16H21FN4O. The maximum atomic E-state index is 13.6. The Labute approximate surface area is 129 Å². The summed E-state index contributed by atoms with van der Waals surface area (Å²) in [4.78, 5) is 8.46. The van der Waals surface area contributed by atoms with E-state index in [1.165, 1.54) is 6.07 Å². The number of aryl methyl sites for hydroxylation is 1. The van der Waals surface area contributed by atoms with E-state index in [0.29, 0.717) is 41.3 Å². The van der Waals surface area contributed by atoms with Crippen molar-refractivity contribution in [1.29, 1.82) is 0 Å². The average Bonchev–Trinajstić information content (AvgIpc) is 2.47. The van der Waals surface area contributed by atoms with Crippen LogP contribution in [0.15, 0.2) is 24.3 Å². The molecule has 5 nitrogen and oxygen atoms in total. The Morgan fingerprint density at radius 1 is 1.27 bits per heavy atom. The molecule has 0 radical (unpaired) electrons. The first-order valence-electron chi connectivity index (χ1n) is 7.21. The lowest BCUT2D eigenvalue weighted by Crippen LogP contribution is -2.12. The fourth-order valence-corrected chi connectivity index (χ4v) is 1.87. The number of nitrogen functional groups attached to an aromatic ring is 1. The van der Waals surface area contributed by atoms with Gasteiger partial charge in [0.25, 0.3) is 0 Å². The second-order valence-corrected chi connectivity index (χ2v) is 5.49. The lowest BCUT2D eigenvalue weighted by Gasteiger charge is -2.14. The average molecular weight is 304 g/mol. The van der Waals surface area contributed by atoms with Crippen LogP contribution in [0.25, 0.3) is 0 Å². The Hall–Kier alpha value is -2.37. The number of hydrogen-bond donors (Lipinski definition) is 2. The molecule has 2 aromatic rings. The molecule has 2 rings (SSSR count). The predicted octanol–water partition coefficient (Wildman–Crippen LogP) is 3.15. The minimum Gasteiger partial charge on any atom is -0.476 e. The quantitative estimate of drug-likeness (QED) is 0.857. The smallest absolute Gasteiger partial charge is 0.242 e. The second-order valence-electron chi connectivity index (χ2n) is 5.49. The van der Waals surface area contributed by atoms with E-state index in [1.54, 1.807) is 25.1 Å². The third-order valence-corrected chi connectivity index (χ3v) is 2.98. The van der Waals surface area contributed by atoms with Crippen LogP contribution in [0, 0.1) is 18.7 Å². The van der Waals surface area contributed by atoms with Crippen molar-refractivity contribution in [2.24, 2.45) is 5.92 Å². The third-order valence-electron chi connectivity index (χ3n) is 2.98. The van der Waals surface area contributed by atoms with Gasteiger partial charge in [-0.1, -0.05) is 32.0 Å². The lowest BCUT2D eigenvalue weighted by molar-refractivity contribution is 0.262. The molecule has 1 aromatic carbocycles. The summed E-state index contributed by atoms with van der Waals surface area (Å²) in [5.74, 6) is 1.45. The first-order chi connectivity index (χ1) is 10.5. The van der Waals surface area contributed by atoms with Crippen LogP contribution in [-0.4, -0.2) is 16.6 Å². The maximum absolute atomic E-state index is 13.6. The molecule has 118 valence electrons. The Balaban J connectivity index is 2.15. The Kier molecular flexibility index (Phi) is 5.14. The van der Waals surface area contributed by atoms with E-state index < -0.39 is 0 Å². The van der Waals surface area contributed by atoms with Gasteiger partial charge in [-0.15, -0.1) is 0 Å². The minimum absolute atomic E-state index is 0.268. The van der Waals surface area contributed by atoms with E-state index in [1.807, 2.05) is 13.8 Å². The summed E-state index contributed by atoms with van der Waals surface area (Å²) < 4.78 is 19.2. The number of ether oxygens (including phenoxy) is 1. The van der Waals surface area contributed by atoms with Gasteiger partial charge in [0.2, 0.25) is 5.88 Å². The fourth-order valence-electron chi connectivity index (χ4n) is 1.87. The summed E-state index contributed by atoms with van der Waals surface area (Å²) in [6.45, 7) is 6.66. The highest BCUT2D eigenvalue weighted by atomic mass is 19.1. The zero-order valence-corrected chi connectivity index (χ0v) is 13.1. The molecule has 0 aliphatic rings. The molecule has 0 atom stereocenters. The highest BCUT2D eigenvalue weighted by Gasteiger charge is 2.12. The van der Waals surface area contributed by atoms with Gasteiger partial charge >= 0.3 is 0 Å². The van der Waals surface area contributed by atoms with Crippen molar-refractivity contribution < 1.29 is 9.13 Å². The van der Waals surface area contributed by atoms with Crippen LogP contribution < -0.4 is 15.8 Å². The number of anilines is 2. The monoisotopic (exact) mass is 304 g/mol. The van der Waals surface area contributed by atoms with Crippen LogP contribution >= 0.6 is 0 Å². The Morgan fingerprint density at radius 2 is 2.00 bits per heavy atom. The number of hydrogen-bond acceptors (Lipinski definition) is 5. The number of halogens is 1. The van der Waals surface area contributed by atoms with Gasteiger partial charge in [-0.2, -0.15) is 4.98 Å². The molecule has 0 aliphatic carbocycles. The number of nitrogens with zero attached hydrogens (tertiary/aromatic N) is 2. The van der Waals surface area contributed by atoms with Crippen LogP contribution in [-0.2, 0) is 6.54 Å². The molecule has 0 unspecified atom stereocenters. The standard InChI is InChI=1S/C16H21FN4O/c1-10(2)9-22-16-14(18)15(20-11(3)21-16)19-8-12-6-4-5-7-13(12)17/h4-7,10H,8-9,18H2,1-3H3,(H,19,20,21). The molecule has 0 amide bonds. The second kappa shape index (κ2) is 7.06. The molecule has 1 aromatic heterocycles. The number of aromatic nitrogens is 2. The number of nitrogens with two attached hydrogens (primary N) is 1. The molecule has 3 N–H and O–H groups in total. The lowest BCUT2D eigenvalue weighted by atomic mass is 10.2. The normalized spacial score (nSPS) is 10.8. The molecule has 0 aliphatic heterocycles. The predicted molar refractivity (Wildman–Crippen MR) is 85.2 cm³/mol. The maximum Gasteiger partial charge on any atom is 0.242 e. The van der Waals surface area contributed by atoms with Crippen LogP contribution in [0.1, 0.15) is 25.2 Å². The highest BCUT2D eigenvalue weighted by molar-refractivity contribution is 5.67. The molecule has 6 heteroatoms. The summed E-state index contributed by atoms with van der Waals surface area (Å²) in [7, 11) is 0. The number of rotatable bonds is 6. The largest absolute Gasteiger partial charge is 0.476 e. The molecule has 22 heavy (non-hydrogen) atoms. The van der Waals surface area contributed by atoms with E-state index in [2.05, 4.69) is 15.3 Å². The van der Waals surface area contributed by atoms with Gasteiger partial charge in [-0.3, -0.25) is 0 Å². The van der Waals surface area contributed by atoms with E-state index in [9.17, 15) is 4.39 Å². The van der Waals surface area contributed by atoms with Crippen molar-refractivity contribution in [3.8, 4) is 5.88 Å². The van der Waals surface area contributed by atoms with Gasteiger partial charge in [0.05, 0.1) is 6.61 Å². The summed E-state index contributed by atoms with van der Waals surface area (Å²) in [6.07, 6.45) is 0. The first kappa shape index (κ1) is 16.0. The van der Waals surface area contributed by atoms with Gasteiger partial charge in [0, 0.05) is 12.1 Å². The molecule has 0 saturated carbocycles. The van der Waals surface area contributed by atoms with Crippen molar-refractivity contribution in [3.63, 3.8) is 0 Å². The highest BCUT2D eigenvalue weighted by Crippen LogP contribution is 2.26. The zero-order valence-electron chi connectivity index (χ0n) is 13.1. The van der Waals surface area contributed by atoms with Crippen molar-refractivity contribution in [2.45, 2.75) is 27.3 Å². The van der Waals surface area contributed by atoms with E-state index in [0.717, 1.165) is 0 Å². The third kappa shape index (κ3) is 4.07. The topological polar surface area (TPSA) is 73.1 Å². The fraction of sp³-hybridized carbons (Fsp3) is 0.375. The summed E-state index contributed by atoms with van der Waals surface area (Å²) in [6, 6.07) is 6.57. The van der Waals surface area contributed by atoms with Crippen molar-refractivity contribution in [3.05, 3.63) is 41.5 Å². The summed E-state index contributed by atoms with van der Waals surface area (Å²) in [5, 5.41) is 3.04. The molecule has 0 saturated heterocycles. The molecule has 0 spiro atoms. The first-order valence-corrected chi connectivity index (χ1v) is 7.21. The van der Waals surface area contributed by atoms with Crippen LogP contribution in [0.4, 0.5) is 15.9 Å². The van der Waals surface area contributed by atoms with Gasteiger partial charge in [0.15, 0.2) is 5.82 Å². The van der Waals surface area contributed by atoms with Gasteiger partial charge in [-0.05, 0) is 18.9 Å². The molecule has 0 bridgehead atoms. The SMILES string of the molecule is Cc1nc(NCc2ccccc2F)c(N)c(OCC(C)C)n1. The van der Waals surface area contributed by atoms with Crippen LogP contribution in [0.5, 0.6) is 5.88 Å². The zero-order chi connectivity index (χ0) is 16.1. The Bertz CT molecular complexity index is 646.